The fourth-order valence-electron chi connectivity index (χ4n) is 0.0680. The van der Waals surface area contributed by atoms with Gasteiger partial charge in [0.1, 0.15) is 0 Å². The fourth-order valence-corrected chi connectivity index (χ4v) is 0.612. The molecule has 2 unspecified atom stereocenters. The van der Waals surface area contributed by atoms with Gasteiger partial charge in [0.2, 0.25) is 20.8 Å². The van der Waals surface area contributed by atoms with Crippen LogP contribution in [0.3, 0.4) is 0 Å². The van der Waals surface area contributed by atoms with Crippen LogP contribution in [0.5, 0.6) is 0 Å². The monoisotopic (exact) mass is 630 g/mol. The summed E-state index contributed by atoms with van der Waals surface area (Å²) in [6.07, 6.45) is 0. The minimum absolute atomic E-state index is 0. The van der Waals surface area contributed by atoms with E-state index in [0.29, 0.717) is 0 Å². The van der Waals surface area contributed by atoms with Gasteiger partial charge in [-0.1, -0.05) is 0 Å². The summed E-state index contributed by atoms with van der Waals surface area (Å²) in [4.78, 5) is 0. The van der Waals surface area contributed by atoms with E-state index in [-0.39, 0.29) is 179 Å². The van der Waals surface area contributed by atoms with Crippen LogP contribution in [-0.4, -0.2) is 70.1 Å². The Labute approximate surface area is 304 Å². The molecule has 0 aliphatic rings. The van der Waals surface area contributed by atoms with Crippen molar-refractivity contribution in [2.45, 2.75) is 0 Å². The molecule has 0 saturated heterocycles. The summed E-state index contributed by atoms with van der Waals surface area (Å²) in [5.74, 6) is 0. The van der Waals surface area contributed by atoms with Gasteiger partial charge in [-0.25, -0.2) is 25.3 Å². The van der Waals surface area contributed by atoms with Crippen LogP contribution in [-0.2, 0) is 79.7 Å². The van der Waals surface area contributed by atoms with Crippen LogP contribution in [0.1, 0.15) is 0 Å². The zero-order valence-electron chi connectivity index (χ0n) is 13.8. The molecule has 0 aliphatic heterocycles. The first-order chi connectivity index (χ1) is 9.67. The normalized spacial score (nSPS) is 11.3. The number of rotatable bonds is 3. The standard InChI is InChI=1S/Fe.2K.2Na.H2O8S2.H2O4S.2H2O3S/c;;;;;1-9(2,3)7-8-10(4,5)6;1-5(2,3)4;2*1-4(2)3/h;;;;;(H,1,2,3)(H,4,5,6);(H2,1,2,3,4);2*(H2,1,2,3)/q+2;4*+1;;;;/p-6. The Bertz CT molecular complexity index is 592. The fraction of sp³-hybridized carbons (Fsp3) is 0. The smallest absolute Gasteiger partial charge is 0.759 e. The van der Waals surface area contributed by atoms with E-state index in [4.69, 9.17) is 44.2 Å². The predicted molar refractivity (Wildman–Crippen MR) is 55.1 cm³/mol. The summed E-state index contributed by atoms with van der Waals surface area (Å²) in [5, 5.41) is 0. The van der Waals surface area contributed by atoms with E-state index in [1.54, 1.807) is 0 Å². The Hall–Kier alpha value is 5.54. The van der Waals surface area contributed by atoms with Crippen LogP contribution in [0.25, 0.3) is 0 Å². The van der Waals surface area contributed by atoms with Gasteiger partial charge in [0.25, 0.3) is 0 Å². The number of hydrogen-bond donors (Lipinski definition) is 2. The van der Waals surface area contributed by atoms with Crippen molar-refractivity contribution >= 4 is 53.9 Å². The van der Waals surface area contributed by atoms with Gasteiger partial charge < -0.3 is 36.4 Å². The average molecular weight is 630 g/mol. The first kappa shape index (κ1) is 59.0. The molecule has 0 aromatic carbocycles. The van der Waals surface area contributed by atoms with Gasteiger partial charge in [0, 0.05) is 10.4 Å². The van der Waals surface area contributed by atoms with Crippen LogP contribution < -0.4 is 162 Å². The molecule has 0 fully saturated rings. The molecule has 0 heterocycles. The molecule has 18 nitrogen and oxygen atoms in total. The quantitative estimate of drug-likeness (QED) is 0.0729. The zero-order chi connectivity index (χ0) is 20.1. The second kappa shape index (κ2) is 32.5. The molecule has 0 amide bonds. The molecule has 2 N–H and O–H groups in total. The zero-order valence-corrected chi connectivity index (χ0v) is 29.3. The Morgan fingerprint density at radius 3 is 0.750 bits per heavy atom. The molecule has 0 rings (SSSR count). The van der Waals surface area contributed by atoms with Crippen LogP contribution >= 0.6 is 0 Å². The molecule has 0 bridgehead atoms. The minimum atomic E-state index is -5.31. The molecule has 28 heteroatoms. The van der Waals surface area contributed by atoms with Crippen molar-refractivity contribution in [2.24, 2.45) is 0 Å². The second-order valence-electron chi connectivity index (χ2n) is 1.80. The topological polar surface area (TPSA) is 334 Å². The molecule has 152 valence electrons. The van der Waals surface area contributed by atoms with E-state index >= 15 is 0 Å². The van der Waals surface area contributed by atoms with E-state index < -0.39 is 53.9 Å². The summed E-state index contributed by atoms with van der Waals surface area (Å²) in [6, 6.07) is 0. The molecule has 28 heavy (non-hydrogen) atoms. The molecule has 0 aromatic heterocycles. The van der Waals surface area contributed by atoms with E-state index in [1.165, 1.54) is 0 Å². The van der Waals surface area contributed by atoms with E-state index in [9.17, 15) is 25.9 Å². The van der Waals surface area contributed by atoms with Crippen LogP contribution in [0.15, 0.2) is 0 Å². The molecule has 0 spiro atoms. The third kappa shape index (κ3) is 187. The SMILES string of the molecule is O=S(=O)([O-])OOS(=O)(=O)[O-].O=S(=O)([O-])[O-].O=S([O-])O.O=S([O-])O.[Fe+2].[K+].[K+].[Na+].[Na+]. The maximum absolute atomic E-state index is 9.37. The number of hydrogen-bond acceptors (Lipinski definition) is 16. The molecule has 0 aromatic rings. The van der Waals surface area contributed by atoms with Crippen LogP contribution in [0.2, 0.25) is 0 Å². The second-order valence-corrected chi connectivity index (χ2v) is 5.39. The van der Waals surface area contributed by atoms with Crippen LogP contribution in [0.4, 0.5) is 0 Å². The Kier molecular flexibility index (Phi) is 68.5. The van der Waals surface area contributed by atoms with Gasteiger partial charge in [-0.05, 0) is 0 Å². The van der Waals surface area contributed by atoms with Gasteiger partial charge in [-0.2, -0.15) is 0 Å². The average Bonchev–Trinajstić information content (AvgIpc) is 2.07. The molecular formula is H2FeK2Na2O18S5. The summed E-state index contributed by atoms with van der Waals surface area (Å²) in [5.41, 5.74) is 0. The van der Waals surface area contributed by atoms with Gasteiger partial charge in [-0.3, -0.25) is 8.42 Å². The van der Waals surface area contributed by atoms with E-state index in [1.807, 2.05) is 0 Å². The molecule has 2 atom stereocenters. The molecule has 0 saturated carbocycles. The molecule has 0 radical (unpaired) electrons. The maximum Gasteiger partial charge on any atom is 2.00 e. The first-order valence-electron chi connectivity index (χ1n) is 3.20. The summed E-state index contributed by atoms with van der Waals surface area (Å²) in [6.45, 7) is 0. The van der Waals surface area contributed by atoms with Crippen molar-refractivity contribution in [3.8, 4) is 0 Å². The Balaban J connectivity index is -0.0000000251. The van der Waals surface area contributed by atoms with Gasteiger partial charge in [0.15, 0.2) is 0 Å². The summed E-state index contributed by atoms with van der Waals surface area (Å²) >= 11 is -5.72. The summed E-state index contributed by atoms with van der Waals surface area (Å²) in [7, 11) is -15.8. The van der Waals surface area contributed by atoms with Gasteiger partial charge >= 0.3 is 179 Å². The Morgan fingerprint density at radius 2 is 0.714 bits per heavy atom. The van der Waals surface area contributed by atoms with Crippen molar-refractivity contribution in [1.82, 2.24) is 0 Å². The van der Waals surface area contributed by atoms with Gasteiger partial charge in [-0.15, -0.1) is 8.67 Å². The predicted octanol–water partition coefficient (Wildman–Crippen LogP) is -16.8. The first-order valence-corrected chi connectivity index (χ1v) is 9.26. The third-order valence-electron chi connectivity index (χ3n) is 0.194. The van der Waals surface area contributed by atoms with Crippen molar-refractivity contribution in [2.75, 3.05) is 0 Å². The van der Waals surface area contributed by atoms with E-state index in [0.717, 1.165) is 0 Å². The third-order valence-corrected chi connectivity index (χ3v) is 0.750. The van der Waals surface area contributed by atoms with E-state index in [2.05, 4.69) is 8.67 Å². The van der Waals surface area contributed by atoms with Crippen molar-refractivity contribution in [3.05, 3.63) is 0 Å². The maximum atomic E-state index is 9.37. The summed E-state index contributed by atoms with van der Waals surface area (Å²) < 4.78 is 144. The van der Waals surface area contributed by atoms with Crippen molar-refractivity contribution in [3.63, 3.8) is 0 Å². The van der Waals surface area contributed by atoms with Crippen molar-refractivity contribution < 1.29 is 258 Å². The van der Waals surface area contributed by atoms with Gasteiger partial charge in [0.05, 0.1) is 22.7 Å². The Morgan fingerprint density at radius 1 is 0.643 bits per heavy atom. The minimum Gasteiger partial charge on any atom is -0.759 e. The molecular weight excluding hydrogens is 628 g/mol. The van der Waals surface area contributed by atoms with Crippen LogP contribution in [0, 0.1) is 0 Å². The molecule has 0 aliphatic carbocycles. The van der Waals surface area contributed by atoms with Crippen molar-refractivity contribution in [1.29, 1.82) is 0 Å². The largest absolute Gasteiger partial charge is 2.00 e.